The highest BCUT2D eigenvalue weighted by Gasteiger charge is 2.26. The van der Waals surface area contributed by atoms with Crippen molar-refractivity contribution in [2.45, 2.75) is 53.6 Å². The van der Waals surface area contributed by atoms with Gasteiger partial charge in [-0.3, -0.25) is 4.79 Å². The minimum absolute atomic E-state index is 0.111. The molecule has 0 aromatic rings. The van der Waals surface area contributed by atoms with E-state index in [2.05, 4.69) is 33.0 Å². The zero-order chi connectivity index (χ0) is 12.2. The number of rotatable bonds is 4. The van der Waals surface area contributed by atoms with E-state index in [4.69, 9.17) is 4.74 Å². The van der Waals surface area contributed by atoms with Crippen LogP contribution in [0.3, 0.4) is 0 Å². The molecule has 0 spiro atoms. The van der Waals surface area contributed by atoms with Gasteiger partial charge < -0.3 is 10.1 Å². The molecule has 0 aliphatic rings. The summed E-state index contributed by atoms with van der Waals surface area (Å²) in [6.45, 7) is 12.6. The number of ether oxygens (including phenoxy) is 1. The standard InChI is InChI=1S/C12H25NO2/c1-8(11(14)15-7)9(2)13-10(3)12(4,5)6/h8-10,13H,1-7H3. The van der Waals surface area contributed by atoms with Crippen LogP contribution in [0.5, 0.6) is 0 Å². The lowest BCUT2D eigenvalue weighted by atomic mass is 9.87. The van der Waals surface area contributed by atoms with Gasteiger partial charge in [0.1, 0.15) is 0 Å². The molecule has 0 saturated carbocycles. The molecular weight excluding hydrogens is 190 g/mol. The maximum Gasteiger partial charge on any atom is 0.309 e. The molecule has 0 radical (unpaired) electrons. The van der Waals surface area contributed by atoms with Gasteiger partial charge in [-0.05, 0) is 19.3 Å². The average molecular weight is 215 g/mol. The van der Waals surface area contributed by atoms with E-state index in [-0.39, 0.29) is 23.3 Å². The van der Waals surface area contributed by atoms with Gasteiger partial charge in [0.15, 0.2) is 0 Å². The van der Waals surface area contributed by atoms with Crippen LogP contribution < -0.4 is 5.32 Å². The number of carbonyl (C=O) groups excluding carboxylic acids is 1. The Bertz CT molecular complexity index is 208. The predicted octanol–water partition coefficient (Wildman–Crippen LogP) is 2.21. The maximum atomic E-state index is 11.3. The highest BCUT2D eigenvalue weighted by atomic mass is 16.5. The maximum absolute atomic E-state index is 11.3. The molecule has 1 N–H and O–H groups in total. The topological polar surface area (TPSA) is 38.3 Å². The van der Waals surface area contributed by atoms with Crippen molar-refractivity contribution in [2.24, 2.45) is 11.3 Å². The molecule has 3 heteroatoms. The van der Waals surface area contributed by atoms with Crippen molar-refractivity contribution in [2.75, 3.05) is 7.11 Å². The van der Waals surface area contributed by atoms with E-state index in [0.29, 0.717) is 6.04 Å². The smallest absolute Gasteiger partial charge is 0.309 e. The molecule has 3 nitrogen and oxygen atoms in total. The quantitative estimate of drug-likeness (QED) is 0.731. The van der Waals surface area contributed by atoms with Crippen molar-refractivity contribution in [1.82, 2.24) is 5.32 Å². The second-order valence-corrected chi connectivity index (χ2v) is 5.35. The third kappa shape index (κ3) is 4.65. The fourth-order valence-corrected chi connectivity index (χ4v) is 1.18. The summed E-state index contributed by atoms with van der Waals surface area (Å²) in [6, 6.07) is 0.492. The number of hydrogen-bond acceptors (Lipinski definition) is 3. The summed E-state index contributed by atoms with van der Waals surface area (Å²) < 4.78 is 4.72. The molecule has 0 aliphatic heterocycles. The van der Waals surface area contributed by atoms with Gasteiger partial charge in [0.05, 0.1) is 13.0 Å². The minimum atomic E-state index is -0.156. The van der Waals surface area contributed by atoms with Gasteiger partial charge in [-0.2, -0.15) is 0 Å². The van der Waals surface area contributed by atoms with E-state index >= 15 is 0 Å². The number of esters is 1. The van der Waals surface area contributed by atoms with Gasteiger partial charge in [0, 0.05) is 12.1 Å². The summed E-state index contributed by atoms with van der Waals surface area (Å²) >= 11 is 0. The van der Waals surface area contributed by atoms with Crippen LogP contribution in [0, 0.1) is 11.3 Å². The van der Waals surface area contributed by atoms with Crippen molar-refractivity contribution in [3.05, 3.63) is 0 Å². The Hall–Kier alpha value is -0.570. The SMILES string of the molecule is COC(=O)C(C)C(C)NC(C)C(C)(C)C. The van der Waals surface area contributed by atoms with Gasteiger partial charge in [0.2, 0.25) is 0 Å². The lowest BCUT2D eigenvalue weighted by Crippen LogP contribution is -2.46. The van der Waals surface area contributed by atoms with Gasteiger partial charge in [-0.15, -0.1) is 0 Å². The lowest BCUT2D eigenvalue weighted by molar-refractivity contribution is -0.145. The van der Waals surface area contributed by atoms with Crippen LogP contribution in [0.4, 0.5) is 0 Å². The highest BCUT2D eigenvalue weighted by molar-refractivity contribution is 5.72. The zero-order valence-electron chi connectivity index (χ0n) is 11.0. The molecule has 0 aromatic heterocycles. The van der Waals surface area contributed by atoms with Crippen molar-refractivity contribution < 1.29 is 9.53 Å². The first-order valence-electron chi connectivity index (χ1n) is 5.54. The van der Waals surface area contributed by atoms with E-state index < -0.39 is 0 Å². The van der Waals surface area contributed by atoms with Crippen LogP contribution in [0.15, 0.2) is 0 Å². The molecule has 0 saturated heterocycles. The Morgan fingerprint density at radius 1 is 1.20 bits per heavy atom. The molecule has 0 bridgehead atoms. The molecule has 3 unspecified atom stereocenters. The van der Waals surface area contributed by atoms with Crippen molar-refractivity contribution in [1.29, 1.82) is 0 Å². The number of hydrogen-bond donors (Lipinski definition) is 1. The summed E-state index contributed by atoms with van der Waals surface area (Å²) in [5, 5.41) is 3.43. The first-order chi connectivity index (χ1) is 6.70. The predicted molar refractivity (Wildman–Crippen MR) is 62.7 cm³/mol. The van der Waals surface area contributed by atoms with Crippen LogP contribution in [0.25, 0.3) is 0 Å². The van der Waals surface area contributed by atoms with Gasteiger partial charge in [-0.1, -0.05) is 27.7 Å². The Balaban J connectivity index is 4.25. The van der Waals surface area contributed by atoms with E-state index in [1.165, 1.54) is 7.11 Å². The van der Waals surface area contributed by atoms with Crippen molar-refractivity contribution >= 4 is 5.97 Å². The van der Waals surface area contributed by atoms with E-state index in [0.717, 1.165) is 0 Å². The Kier molecular flexibility index (Phi) is 5.29. The third-order valence-corrected chi connectivity index (χ3v) is 3.13. The lowest BCUT2D eigenvalue weighted by Gasteiger charge is -2.32. The summed E-state index contributed by atoms with van der Waals surface area (Å²) in [5.74, 6) is -0.268. The molecule has 90 valence electrons. The minimum Gasteiger partial charge on any atom is -0.469 e. The molecule has 3 atom stereocenters. The fourth-order valence-electron chi connectivity index (χ4n) is 1.18. The summed E-state index contributed by atoms with van der Waals surface area (Å²) in [6.07, 6.45) is 0. The normalized spacial score (nSPS) is 18.1. The second-order valence-electron chi connectivity index (χ2n) is 5.35. The Morgan fingerprint density at radius 2 is 1.67 bits per heavy atom. The number of methoxy groups -OCH3 is 1. The molecular formula is C12H25NO2. The molecule has 0 rings (SSSR count). The van der Waals surface area contributed by atoms with E-state index in [1.54, 1.807) is 0 Å². The summed E-state index contributed by atoms with van der Waals surface area (Å²) in [4.78, 5) is 11.3. The van der Waals surface area contributed by atoms with E-state index in [1.807, 2.05) is 13.8 Å². The van der Waals surface area contributed by atoms with Crippen LogP contribution in [0.1, 0.15) is 41.5 Å². The summed E-state index contributed by atoms with van der Waals surface area (Å²) in [5.41, 5.74) is 0.199. The molecule has 0 aliphatic carbocycles. The van der Waals surface area contributed by atoms with Crippen LogP contribution in [0.2, 0.25) is 0 Å². The fraction of sp³-hybridized carbons (Fsp3) is 0.917. The van der Waals surface area contributed by atoms with Crippen LogP contribution >= 0.6 is 0 Å². The molecule has 0 aromatic carbocycles. The van der Waals surface area contributed by atoms with Gasteiger partial charge in [-0.25, -0.2) is 0 Å². The third-order valence-electron chi connectivity index (χ3n) is 3.13. The van der Waals surface area contributed by atoms with Gasteiger partial charge >= 0.3 is 5.97 Å². The van der Waals surface area contributed by atoms with Crippen molar-refractivity contribution in [3.8, 4) is 0 Å². The molecule has 0 amide bonds. The second kappa shape index (κ2) is 5.50. The zero-order valence-corrected chi connectivity index (χ0v) is 11.0. The van der Waals surface area contributed by atoms with Gasteiger partial charge in [0.25, 0.3) is 0 Å². The largest absolute Gasteiger partial charge is 0.469 e. The Morgan fingerprint density at radius 3 is 2.00 bits per heavy atom. The Labute approximate surface area is 93.6 Å². The van der Waals surface area contributed by atoms with Crippen LogP contribution in [-0.2, 0) is 9.53 Å². The van der Waals surface area contributed by atoms with Crippen LogP contribution in [-0.4, -0.2) is 25.2 Å². The average Bonchev–Trinajstić information content (AvgIpc) is 2.13. The monoisotopic (exact) mass is 215 g/mol. The number of carbonyl (C=O) groups is 1. The first kappa shape index (κ1) is 14.4. The van der Waals surface area contributed by atoms with Crippen molar-refractivity contribution in [3.63, 3.8) is 0 Å². The molecule has 15 heavy (non-hydrogen) atoms. The van der Waals surface area contributed by atoms with E-state index in [9.17, 15) is 4.79 Å². The number of nitrogens with one attached hydrogen (secondary N) is 1. The summed E-state index contributed by atoms with van der Waals surface area (Å²) in [7, 11) is 1.43. The highest BCUT2D eigenvalue weighted by Crippen LogP contribution is 2.20. The molecule has 0 heterocycles. The molecule has 0 fully saturated rings. The first-order valence-corrected chi connectivity index (χ1v) is 5.54.